The summed E-state index contributed by atoms with van der Waals surface area (Å²) in [4.78, 5) is 15.7. The summed E-state index contributed by atoms with van der Waals surface area (Å²) in [5, 5.41) is 0. The molecule has 3 aromatic rings. The summed E-state index contributed by atoms with van der Waals surface area (Å²) < 4.78 is 27.5. The molecule has 5 nitrogen and oxygen atoms in total. The van der Waals surface area contributed by atoms with Crippen molar-refractivity contribution in [1.29, 1.82) is 0 Å². The quantitative estimate of drug-likeness (QED) is 0.552. The molecule has 1 aliphatic heterocycles. The van der Waals surface area contributed by atoms with Crippen LogP contribution in [0.25, 0.3) is 0 Å². The van der Waals surface area contributed by atoms with Gasteiger partial charge in [0.25, 0.3) is 0 Å². The van der Waals surface area contributed by atoms with E-state index in [0.717, 1.165) is 16.8 Å². The standard InChI is InChI=1S/C26H28N2O3S/c1-21-12-14-25(15-13-21)32(30,31)27-18-16-23(17-19-27)26(29)28(24-10-6-3-7-11-24)20-22-8-4-2-5-9-22/h2-15,23H,16-20H2,1H3. The van der Waals surface area contributed by atoms with Gasteiger partial charge < -0.3 is 4.90 Å². The van der Waals surface area contributed by atoms with Crippen molar-refractivity contribution in [3.8, 4) is 0 Å². The van der Waals surface area contributed by atoms with E-state index in [2.05, 4.69) is 0 Å². The highest BCUT2D eigenvalue weighted by Gasteiger charge is 2.34. The van der Waals surface area contributed by atoms with Crippen LogP contribution in [-0.2, 0) is 21.4 Å². The van der Waals surface area contributed by atoms with Crippen molar-refractivity contribution in [3.05, 3.63) is 96.1 Å². The summed E-state index contributed by atoms with van der Waals surface area (Å²) in [6, 6.07) is 26.5. The van der Waals surface area contributed by atoms with Crippen LogP contribution < -0.4 is 4.90 Å². The Kier molecular flexibility index (Phi) is 6.72. The Balaban J connectivity index is 1.48. The minimum absolute atomic E-state index is 0.0486. The SMILES string of the molecule is Cc1ccc(S(=O)(=O)N2CCC(C(=O)N(Cc3ccccc3)c3ccccc3)CC2)cc1. The highest BCUT2D eigenvalue weighted by Crippen LogP contribution is 2.28. The van der Waals surface area contributed by atoms with E-state index in [9.17, 15) is 13.2 Å². The number of benzene rings is 3. The molecule has 32 heavy (non-hydrogen) atoms. The van der Waals surface area contributed by atoms with Crippen LogP contribution in [0, 0.1) is 12.8 Å². The number of hydrogen-bond donors (Lipinski definition) is 0. The first-order valence-electron chi connectivity index (χ1n) is 10.9. The highest BCUT2D eigenvalue weighted by molar-refractivity contribution is 7.89. The van der Waals surface area contributed by atoms with Crippen LogP contribution in [-0.4, -0.2) is 31.7 Å². The Hall–Kier alpha value is -2.96. The van der Waals surface area contributed by atoms with Crippen molar-refractivity contribution in [2.45, 2.75) is 31.2 Å². The molecule has 0 radical (unpaired) electrons. The van der Waals surface area contributed by atoms with Crippen molar-refractivity contribution >= 4 is 21.6 Å². The van der Waals surface area contributed by atoms with Gasteiger partial charge in [-0.15, -0.1) is 0 Å². The molecular formula is C26H28N2O3S. The summed E-state index contributed by atoms with van der Waals surface area (Å²) in [7, 11) is -3.54. The summed E-state index contributed by atoms with van der Waals surface area (Å²) >= 11 is 0. The number of carbonyl (C=O) groups is 1. The molecular weight excluding hydrogens is 420 g/mol. The van der Waals surface area contributed by atoms with Gasteiger partial charge in [-0.05, 0) is 49.6 Å². The van der Waals surface area contributed by atoms with E-state index in [1.165, 1.54) is 4.31 Å². The maximum Gasteiger partial charge on any atom is 0.243 e. The molecule has 0 spiro atoms. The molecule has 4 rings (SSSR count). The predicted molar refractivity (Wildman–Crippen MR) is 127 cm³/mol. The third kappa shape index (κ3) is 4.92. The fraction of sp³-hybridized carbons (Fsp3) is 0.269. The zero-order chi connectivity index (χ0) is 22.6. The average Bonchev–Trinajstić information content (AvgIpc) is 2.84. The van der Waals surface area contributed by atoms with E-state index in [4.69, 9.17) is 0 Å². The monoisotopic (exact) mass is 448 g/mol. The minimum atomic E-state index is -3.54. The zero-order valence-electron chi connectivity index (χ0n) is 18.2. The molecule has 0 atom stereocenters. The number of anilines is 1. The first-order chi connectivity index (χ1) is 15.4. The topological polar surface area (TPSA) is 57.7 Å². The largest absolute Gasteiger partial charge is 0.308 e. The lowest BCUT2D eigenvalue weighted by Gasteiger charge is -2.34. The second-order valence-electron chi connectivity index (χ2n) is 8.24. The summed E-state index contributed by atoms with van der Waals surface area (Å²) in [5.41, 5.74) is 2.94. The fourth-order valence-corrected chi connectivity index (χ4v) is 5.56. The van der Waals surface area contributed by atoms with Crippen LogP contribution in [0.4, 0.5) is 5.69 Å². The lowest BCUT2D eigenvalue weighted by atomic mass is 9.96. The van der Waals surface area contributed by atoms with Crippen molar-refractivity contribution in [1.82, 2.24) is 4.31 Å². The predicted octanol–water partition coefficient (Wildman–Crippen LogP) is 4.63. The molecule has 0 aromatic heterocycles. The van der Waals surface area contributed by atoms with Gasteiger partial charge in [0.15, 0.2) is 0 Å². The van der Waals surface area contributed by atoms with E-state index in [1.807, 2.05) is 84.6 Å². The fourth-order valence-electron chi connectivity index (χ4n) is 4.09. The molecule has 0 bridgehead atoms. The molecule has 1 aliphatic rings. The van der Waals surface area contributed by atoms with Crippen LogP contribution in [0.5, 0.6) is 0 Å². The Morgan fingerprint density at radius 2 is 1.44 bits per heavy atom. The summed E-state index contributed by atoms with van der Waals surface area (Å²) in [5.74, 6) is -0.157. The van der Waals surface area contributed by atoms with Gasteiger partial charge in [-0.1, -0.05) is 66.2 Å². The third-order valence-electron chi connectivity index (χ3n) is 5.98. The summed E-state index contributed by atoms with van der Waals surface area (Å²) in [6.07, 6.45) is 1.03. The van der Waals surface area contributed by atoms with Crippen LogP contribution in [0.3, 0.4) is 0 Å². The number of amides is 1. The third-order valence-corrected chi connectivity index (χ3v) is 7.89. The van der Waals surface area contributed by atoms with Crippen molar-refractivity contribution in [2.24, 2.45) is 5.92 Å². The lowest BCUT2D eigenvalue weighted by molar-refractivity contribution is -0.123. The van der Waals surface area contributed by atoms with E-state index >= 15 is 0 Å². The Morgan fingerprint density at radius 1 is 0.875 bits per heavy atom. The molecule has 1 amide bonds. The molecule has 0 N–H and O–H groups in total. The average molecular weight is 449 g/mol. The van der Waals surface area contributed by atoms with Crippen LogP contribution in [0.15, 0.2) is 89.8 Å². The molecule has 0 saturated carbocycles. The first-order valence-corrected chi connectivity index (χ1v) is 12.4. The number of hydrogen-bond acceptors (Lipinski definition) is 3. The van der Waals surface area contributed by atoms with Gasteiger partial charge in [-0.3, -0.25) is 4.79 Å². The number of para-hydroxylation sites is 1. The lowest BCUT2D eigenvalue weighted by Crippen LogP contribution is -2.44. The second-order valence-corrected chi connectivity index (χ2v) is 10.2. The van der Waals surface area contributed by atoms with Crippen LogP contribution in [0.1, 0.15) is 24.0 Å². The zero-order valence-corrected chi connectivity index (χ0v) is 19.0. The number of carbonyl (C=O) groups excluding carboxylic acids is 1. The van der Waals surface area contributed by atoms with Gasteiger partial charge in [-0.2, -0.15) is 4.31 Å². The number of nitrogens with zero attached hydrogens (tertiary/aromatic N) is 2. The number of piperidine rings is 1. The van der Waals surface area contributed by atoms with Crippen molar-refractivity contribution in [2.75, 3.05) is 18.0 Å². The van der Waals surface area contributed by atoms with E-state index in [0.29, 0.717) is 37.4 Å². The van der Waals surface area contributed by atoms with Gasteiger partial charge >= 0.3 is 0 Å². The first kappa shape index (κ1) is 22.2. The maximum atomic E-state index is 13.5. The molecule has 3 aromatic carbocycles. The van der Waals surface area contributed by atoms with Crippen molar-refractivity contribution in [3.63, 3.8) is 0 Å². The maximum absolute atomic E-state index is 13.5. The molecule has 1 heterocycles. The van der Waals surface area contributed by atoms with Gasteiger partial charge in [-0.25, -0.2) is 8.42 Å². The molecule has 166 valence electrons. The van der Waals surface area contributed by atoms with Gasteiger partial charge in [0.2, 0.25) is 15.9 Å². The molecule has 0 aliphatic carbocycles. The normalized spacial score (nSPS) is 15.4. The van der Waals surface area contributed by atoms with E-state index in [1.54, 1.807) is 12.1 Å². The summed E-state index contributed by atoms with van der Waals surface area (Å²) in [6.45, 7) is 3.12. The molecule has 1 saturated heterocycles. The van der Waals surface area contributed by atoms with Crippen LogP contribution >= 0.6 is 0 Å². The van der Waals surface area contributed by atoms with Crippen LogP contribution in [0.2, 0.25) is 0 Å². The van der Waals surface area contributed by atoms with Crippen molar-refractivity contribution < 1.29 is 13.2 Å². The van der Waals surface area contributed by atoms with Gasteiger partial charge in [0, 0.05) is 24.7 Å². The number of sulfonamides is 1. The molecule has 0 unspecified atom stereocenters. The molecule has 6 heteroatoms. The Bertz CT molecular complexity index is 1140. The Labute approximate surface area is 190 Å². The smallest absolute Gasteiger partial charge is 0.243 e. The number of aryl methyl sites for hydroxylation is 1. The molecule has 1 fully saturated rings. The van der Waals surface area contributed by atoms with Gasteiger partial charge in [0.05, 0.1) is 11.4 Å². The van der Waals surface area contributed by atoms with E-state index < -0.39 is 10.0 Å². The Morgan fingerprint density at radius 3 is 2.03 bits per heavy atom. The van der Waals surface area contributed by atoms with Gasteiger partial charge in [0.1, 0.15) is 0 Å². The number of rotatable bonds is 6. The van der Waals surface area contributed by atoms with E-state index in [-0.39, 0.29) is 11.8 Å². The highest BCUT2D eigenvalue weighted by atomic mass is 32.2. The second kappa shape index (κ2) is 9.67. The minimum Gasteiger partial charge on any atom is -0.308 e.